The molecule has 0 saturated heterocycles. The smallest absolute Gasteiger partial charge is 0.188 e. The Morgan fingerprint density at radius 2 is 1.70 bits per heavy atom. The molecule has 0 fully saturated rings. The summed E-state index contributed by atoms with van der Waals surface area (Å²) >= 11 is 0. The normalized spacial score (nSPS) is 10.4. The van der Waals surface area contributed by atoms with Crippen LogP contribution in [0.25, 0.3) is 0 Å². The Hall–Kier alpha value is -1.79. The van der Waals surface area contributed by atoms with E-state index in [-0.39, 0.29) is 36.4 Å². The first kappa shape index (κ1) is 16.3. The van der Waals surface area contributed by atoms with Crippen LogP contribution < -0.4 is 9.47 Å². The number of carbonyl (C=O) groups is 1. The van der Waals surface area contributed by atoms with Crippen LogP contribution in [0.3, 0.4) is 0 Å². The zero-order chi connectivity index (χ0) is 15.1. The number of methoxy groups -OCH3 is 2. The molecule has 112 valence electrons. The van der Waals surface area contributed by atoms with Crippen LogP contribution in [0.5, 0.6) is 17.2 Å². The highest BCUT2D eigenvalue weighted by molar-refractivity contribution is 6.00. The molecular weight excluding hydrogens is 264 g/mol. The van der Waals surface area contributed by atoms with Gasteiger partial charge in [-0.15, -0.1) is 0 Å². The van der Waals surface area contributed by atoms with Gasteiger partial charge in [-0.1, -0.05) is 6.92 Å². The lowest BCUT2D eigenvalue weighted by molar-refractivity contribution is 0.0448. The molecule has 0 bridgehead atoms. The van der Waals surface area contributed by atoms with Crippen LogP contribution in [-0.4, -0.2) is 38.7 Å². The third kappa shape index (κ3) is 3.61. The molecule has 6 heteroatoms. The number of ketones is 1. The van der Waals surface area contributed by atoms with Crippen LogP contribution in [-0.2, 0) is 15.9 Å². The second-order valence-corrected chi connectivity index (χ2v) is 4.09. The van der Waals surface area contributed by atoms with Gasteiger partial charge in [0.05, 0.1) is 0 Å². The van der Waals surface area contributed by atoms with Crippen LogP contribution in [0.15, 0.2) is 6.07 Å². The number of carbonyl (C=O) groups excluding carboxylic acids is 1. The molecule has 1 N–H and O–H groups in total. The van der Waals surface area contributed by atoms with Crippen molar-refractivity contribution >= 4 is 5.78 Å². The Morgan fingerprint density at radius 1 is 1.15 bits per heavy atom. The van der Waals surface area contributed by atoms with Crippen molar-refractivity contribution in [3.8, 4) is 17.2 Å². The standard InChI is InChI=1S/C14H20O6/c1-5-10-11(19-7-17-3)6-12(20-8-18-4)13(9(2)15)14(10)16/h6,16H,5,7-8H2,1-4H3. The third-order valence-electron chi connectivity index (χ3n) is 2.70. The second kappa shape index (κ2) is 7.72. The number of aromatic hydroxyl groups is 1. The Morgan fingerprint density at radius 3 is 2.15 bits per heavy atom. The first-order valence-corrected chi connectivity index (χ1v) is 6.20. The summed E-state index contributed by atoms with van der Waals surface area (Å²) in [5.74, 6) is 0.226. The summed E-state index contributed by atoms with van der Waals surface area (Å²) in [5.41, 5.74) is 0.667. The molecule has 0 heterocycles. The molecule has 0 saturated carbocycles. The number of hydrogen-bond donors (Lipinski definition) is 1. The highest BCUT2D eigenvalue weighted by Gasteiger charge is 2.21. The number of benzene rings is 1. The van der Waals surface area contributed by atoms with Gasteiger partial charge in [0, 0.05) is 25.8 Å². The van der Waals surface area contributed by atoms with Gasteiger partial charge in [-0.25, -0.2) is 0 Å². The number of ether oxygens (including phenoxy) is 4. The SMILES string of the molecule is CCc1c(OCOC)cc(OCOC)c(C(C)=O)c1O. The zero-order valence-corrected chi connectivity index (χ0v) is 12.2. The highest BCUT2D eigenvalue weighted by atomic mass is 16.7. The van der Waals surface area contributed by atoms with Crippen molar-refractivity contribution < 1.29 is 28.8 Å². The predicted octanol–water partition coefficient (Wildman–Crippen LogP) is 2.12. The highest BCUT2D eigenvalue weighted by Crippen LogP contribution is 2.39. The molecule has 1 aromatic carbocycles. The molecule has 0 aliphatic heterocycles. The number of rotatable bonds is 8. The van der Waals surface area contributed by atoms with E-state index in [1.807, 2.05) is 6.92 Å². The van der Waals surface area contributed by atoms with Gasteiger partial charge in [-0.3, -0.25) is 4.79 Å². The van der Waals surface area contributed by atoms with Gasteiger partial charge >= 0.3 is 0 Å². The average molecular weight is 284 g/mol. The van der Waals surface area contributed by atoms with E-state index < -0.39 is 0 Å². The van der Waals surface area contributed by atoms with Crippen molar-refractivity contribution in [3.05, 3.63) is 17.2 Å². The van der Waals surface area contributed by atoms with Crippen LogP contribution >= 0.6 is 0 Å². The third-order valence-corrected chi connectivity index (χ3v) is 2.70. The van der Waals surface area contributed by atoms with Crippen LogP contribution in [0.2, 0.25) is 0 Å². The van der Waals surface area contributed by atoms with Gasteiger partial charge in [0.1, 0.15) is 22.8 Å². The van der Waals surface area contributed by atoms with Crippen molar-refractivity contribution in [1.82, 2.24) is 0 Å². The largest absolute Gasteiger partial charge is 0.507 e. The minimum Gasteiger partial charge on any atom is -0.507 e. The number of phenols is 1. The van der Waals surface area contributed by atoms with Gasteiger partial charge in [0.25, 0.3) is 0 Å². The van der Waals surface area contributed by atoms with Crippen LogP contribution in [0, 0.1) is 0 Å². The van der Waals surface area contributed by atoms with Gasteiger partial charge in [0.15, 0.2) is 19.4 Å². The van der Waals surface area contributed by atoms with E-state index in [4.69, 9.17) is 18.9 Å². The lowest BCUT2D eigenvalue weighted by atomic mass is 10.0. The maximum absolute atomic E-state index is 11.7. The van der Waals surface area contributed by atoms with E-state index in [0.29, 0.717) is 17.7 Å². The Bertz CT molecular complexity index is 469. The Kier molecular flexibility index (Phi) is 6.27. The first-order valence-electron chi connectivity index (χ1n) is 6.20. The van der Waals surface area contributed by atoms with E-state index in [0.717, 1.165) is 0 Å². The van der Waals surface area contributed by atoms with E-state index in [2.05, 4.69) is 0 Å². The Labute approximate surface area is 118 Å². The molecule has 1 rings (SSSR count). The summed E-state index contributed by atoms with van der Waals surface area (Å²) in [6.45, 7) is 3.22. The fourth-order valence-electron chi connectivity index (χ4n) is 1.83. The summed E-state index contributed by atoms with van der Waals surface area (Å²) in [7, 11) is 2.97. The first-order chi connectivity index (χ1) is 9.56. The van der Waals surface area contributed by atoms with Crippen molar-refractivity contribution in [1.29, 1.82) is 0 Å². The maximum atomic E-state index is 11.7. The lowest BCUT2D eigenvalue weighted by Crippen LogP contribution is -2.08. The van der Waals surface area contributed by atoms with Crippen molar-refractivity contribution in [2.45, 2.75) is 20.3 Å². The number of hydrogen-bond acceptors (Lipinski definition) is 6. The average Bonchev–Trinajstić information content (AvgIpc) is 2.41. The topological polar surface area (TPSA) is 74.2 Å². The minimum atomic E-state index is -0.290. The maximum Gasteiger partial charge on any atom is 0.188 e. The molecule has 0 unspecified atom stereocenters. The summed E-state index contributed by atoms with van der Waals surface area (Å²) in [5, 5.41) is 10.3. The van der Waals surface area contributed by atoms with E-state index in [1.54, 1.807) is 6.07 Å². The molecule has 0 radical (unpaired) electrons. The van der Waals surface area contributed by atoms with Gasteiger partial charge in [-0.2, -0.15) is 0 Å². The fourth-order valence-corrected chi connectivity index (χ4v) is 1.83. The minimum absolute atomic E-state index is 0.0328. The molecular formula is C14H20O6. The molecule has 6 nitrogen and oxygen atoms in total. The molecule has 0 spiro atoms. The van der Waals surface area contributed by atoms with Crippen molar-refractivity contribution in [2.75, 3.05) is 27.8 Å². The summed E-state index contributed by atoms with van der Waals surface area (Å²) in [6, 6.07) is 1.56. The summed E-state index contributed by atoms with van der Waals surface area (Å²) in [6.07, 6.45) is 0.510. The Balaban J connectivity index is 3.32. The molecule has 0 atom stereocenters. The van der Waals surface area contributed by atoms with E-state index >= 15 is 0 Å². The van der Waals surface area contributed by atoms with Gasteiger partial charge < -0.3 is 24.1 Å². The van der Waals surface area contributed by atoms with Gasteiger partial charge in [0.2, 0.25) is 0 Å². The molecule has 0 aliphatic rings. The van der Waals surface area contributed by atoms with Crippen molar-refractivity contribution in [2.24, 2.45) is 0 Å². The molecule has 1 aromatic rings. The summed E-state index contributed by atoms with van der Waals surface area (Å²) < 4.78 is 20.4. The van der Waals surface area contributed by atoms with Gasteiger partial charge in [-0.05, 0) is 13.3 Å². The molecule has 0 aromatic heterocycles. The monoisotopic (exact) mass is 284 g/mol. The number of Topliss-reactive ketones (excluding diaryl/α,β-unsaturated/α-hetero) is 1. The summed E-state index contributed by atoms with van der Waals surface area (Å²) in [4.78, 5) is 11.7. The fraction of sp³-hybridized carbons (Fsp3) is 0.500. The molecule has 20 heavy (non-hydrogen) atoms. The lowest BCUT2D eigenvalue weighted by Gasteiger charge is -2.17. The quantitative estimate of drug-likeness (QED) is 0.582. The second-order valence-electron chi connectivity index (χ2n) is 4.09. The van der Waals surface area contributed by atoms with Crippen molar-refractivity contribution in [3.63, 3.8) is 0 Å². The predicted molar refractivity (Wildman–Crippen MR) is 72.5 cm³/mol. The van der Waals surface area contributed by atoms with Crippen LogP contribution in [0.4, 0.5) is 0 Å². The molecule has 0 amide bonds. The van der Waals surface area contributed by atoms with Crippen LogP contribution in [0.1, 0.15) is 29.8 Å². The van der Waals surface area contributed by atoms with E-state index in [1.165, 1.54) is 21.1 Å². The van der Waals surface area contributed by atoms with E-state index in [9.17, 15) is 9.90 Å². The zero-order valence-electron chi connectivity index (χ0n) is 12.2. The molecule has 0 aliphatic carbocycles. The number of phenolic OH excluding ortho intramolecular Hbond substituents is 1.